The summed E-state index contributed by atoms with van der Waals surface area (Å²) >= 11 is 0. The van der Waals surface area contributed by atoms with E-state index in [-0.39, 0.29) is 18.9 Å². The first-order valence-corrected chi connectivity index (χ1v) is 5.88. The van der Waals surface area contributed by atoms with Gasteiger partial charge in [-0.2, -0.15) is 0 Å². The third-order valence-electron chi connectivity index (χ3n) is 2.80. The summed E-state index contributed by atoms with van der Waals surface area (Å²) in [5.74, 6) is 0.355. The molecule has 5 heteroatoms. The lowest BCUT2D eigenvalue weighted by atomic mass is 10.2. The van der Waals surface area contributed by atoms with E-state index in [0.717, 1.165) is 11.4 Å². The number of carbonyl (C=O) groups is 1. The van der Waals surface area contributed by atoms with Gasteiger partial charge in [0.2, 0.25) is 5.91 Å². The highest BCUT2D eigenvalue weighted by molar-refractivity contribution is 6.09. The van der Waals surface area contributed by atoms with Crippen molar-refractivity contribution in [2.75, 3.05) is 25.2 Å². The van der Waals surface area contributed by atoms with Gasteiger partial charge in [0.1, 0.15) is 6.42 Å². The Kier molecular flexibility index (Phi) is 3.94. The highest BCUT2D eigenvalue weighted by atomic mass is 16.5. The summed E-state index contributed by atoms with van der Waals surface area (Å²) in [4.78, 5) is 18.1. The van der Waals surface area contributed by atoms with Crippen molar-refractivity contribution in [1.82, 2.24) is 0 Å². The molecule has 0 radical (unpaired) electrons. The van der Waals surface area contributed by atoms with Crippen LogP contribution in [0.3, 0.4) is 0 Å². The molecule has 0 fully saturated rings. The topological polar surface area (TPSA) is 62.1 Å². The molecule has 1 amide bonds. The zero-order valence-electron chi connectivity index (χ0n) is 10.3. The van der Waals surface area contributed by atoms with Crippen LogP contribution in [-0.4, -0.2) is 37.2 Å². The van der Waals surface area contributed by atoms with E-state index >= 15 is 0 Å². The normalized spacial score (nSPS) is 14.9. The lowest BCUT2D eigenvalue weighted by molar-refractivity contribution is -0.117. The van der Waals surface area contributed by atoms with Crippen molar-refractivity contribution in [2.24, 2.45) is 4.99 Å². The number of benzene rings is 1. The third kappa shape index (κ3) is 2.51. The SMILES string of the molecule is COC1=Nc2ccccc2N(CCCO)C(=O)C1. The smallest absolute Gasteiger partial charge is 0.236 e. The van der Waals surface area contributed by atoms with Gasteiger partial charge in [-0.15, -0.1) is 0 Å². The van der Waals surface area contributed by atoms with Crippen LogP contribution in [0, 0.1) is 0 Å². The van der Waals surface area contributed by atoms with Crippen molar-refractivity contribution < 1.29 is 14.6 Å². The number of hydrogen-bond donors (Lipinski definition) is 1. The first kappa shape index (κ1) is 12.6. The minimum atomic E-state index is -0.0611. The van der Waals surface area contributed by atoms with Gasteiger partial charge in [0.15, 0.2) is 5.90 Å². The number of fused-ring (bicyclic) bond motifs is 1. The van der Waals surface area contributed by atoms with Gasteiger partial charge in [-0.05, 0) is 18.6 Å². The number of para-hydroxylation sites is 2. The molecular formula is C13H16N2O3. The molecule has 1 aromatic rings. The first-order chi connectivity index (χ1) is 8.76. The van der Waals surface area contributed by atoms with Crippen LogP contribution >= 0.6 is 0 Å². The van der Waals surface area contributed by atoms with E-state index < -0.39 is 0 Å². The van der Waals surface area contributed by atoms with Crippen LogP contribution in [0.25, 0.3) is 0 Å². The molecule has 0 bridgehead atoms. The fourth-order valence-corrected chi connectivity index (χ4v) is 1.91. The Morgan fingerprint density at radius 1 is 1.44 bits per heavy atom. The molecule has 18 heavy (non-hydrogen) atoms. The van der Waals surface area contributed by atoms with Crippen molar-refractivity contribution in [1.29, 1.82) is 0 Å². The van der Waals surface area contributed by atoms with Gasteiger partial charge in [-0.1, -0.05) is 12.1 Å². The molecule has 1 N–H and O–H groups in total. The number of carbonyl (C=O) groups excluding carboxylic acids is 1. The Hall–Kier alpha value is -1.88. The summed E-state index contributed by atoms with van der Waals surface area (Å²) in [6.45, 7) is 0.544. The number of aliphatic hydroxyl groups is 1. The Labute approximate surface area is 106 Å². The van der Waals surface area contributed by atoms with Crippen LogP contribution in [0.1, 0.15) is 12.8 Å². The number of methoxy groups -OCH3 is 1. The Morgan fingerprint density at radius 3 is 2.94 bits per heavy atom. The zero-order chi connectivity index (χ0) is 13.0. The number of aliphatic imine (C=N–C) groups is 1. The van der Waals surface area contributed by atoms with E-state index in [0.29, 0.717) is 18.9 Å². The average molecular weight is 248 g/mol. The molecule has 0 saturated heterocycles. The Balaban J connectivity index is 2.38. The first-order valence-electron chi connectivity index (χ1n) is 5.88. The van der Waals surface area contributed by atoms with Gasteiger partial charge < -0.3 is 14.7 Å². The molecule has 1 aliphatic heterocycles. The predicted molar refractivity (Wildman–Crippen MR) is 69.2 cm³/mol. The van der Waals surface area contributed by atoms with Crippen LogP contribution < -0.4 is 4.90 Å². The predicted octanol–water partition coefficient (Wildman–Crippen LogP) is 1.48. The molecule has 2 rings (SSSR count). The van der Waals surface area contributed by atoms with Crippen LogP contribution in [-0.2, 0) is 9.53 Å². The van der Waals surface area contributed by atoms with Crippen LogP contribution in [0.5, 0.6) is 0 Å². The summed E-state index contributed by atoms with van der Waals surface area (Å²) in [5.41, 5.74) is 1.49. The molecule has 5 nitrogen and oxygen atoms in total. The lowest BCUT2D eigenvalue weighted by Gasteiger charge is -2.21. The molecule has 96 valence electrons. The summed E-state index contributed by atoms with van der Waals surface area (Å²) in [6, 6.07) is 7.44. The van der Waals surface area contributed by atoms with Crippen LogP contribution in [0.15, 0.2) is 29.3 Å². The second-order valence-electron chi connectivity index (χ2n) is 4.00. The van der Waals surface area contributed by atoms with Gasteiger partial charge in [0.05, 0.1) is 18.5 Å². The number of hydrogen-bond acceptors (Lipinski definition) is 4. The highest BCUT2D eigenvalue weighted by Gasteiger charge is 2.23. The quantitative estimate of drug-likeness (QED) is 0.881. The summed E-state index contributed by atoms with van der Waals surface area (Å²) in [5, 5.41) is 8.91. The van der Waals surface area contributed by atoms with Crippen molar-refractivity contribution in [3.05, 3.63) is 24.3 Å². The van der Waals surface area contributed by atoms with Crippen molar-refractivity contribution >= 4 is 23.2 Å². The maximum absolute atomic E-state index is 12.1. The van der Waals surface area contributed by atoms with Gasteiger partial charge in [-0.25, -0.2) is 4.99 Å². The van der Waals surface area contributed by atoms with Crippen LogP contribution in [0.4, 0.5) is 11.4 Å². The molecule has 0 aliphatic carbocycles. The standard InChI is InChI=1S/C13H16N2O3/c1-18-12-9-13(17)15(7-4-8-16)11-6-3-2-5-10(11)14-12/h2-3,5-6,16H,4,7-9H2,1H3. The molecule has 0 unspecified atom stereocenters. The summed E-state index contributed by atoms with van der Waals surface area (Å²) in [7, 11) is 1.51. The van der Waals surface area contributed by atoms with E-state index in [1.165, 1.54) is 7.11 Å². The number of anilines is 1. The van der Waals surface area contributed by atoms with Gasteiger partial charge >= 0.3 is 0 Å². The van der Waals surface area contributed by atoms with E-state index in [1.807, 2.05) is 24.3 Å². The van der Waals surface area contributed by atoms with Crippen molar-refractivity contribution in [3.63, 3.8) is 0 Å². The summed E-state index contributed by atoms with van der Waals surface area (Å²) < 4.78 is 5.10. The van der Waals surface area contributed by atoms with Gasteiger partial charge in [-0.3, -0.25) is 4.79 Å². The van der Waals surface area contributed by atoms with Crippen molar-refractivity contribution in [2.45, 2.75) is 12.8 Å². The largest absolute Gasteiger partial charge is 0.484 e. The molecule has 0 spiro atoms. The van der Waals surface area contributed by atoms with E-state index in [2.05, 4.69) is 4.99 Å². The third-order valence-corrected chi connectivity index (χ3v) is 2.80. The number of rotatable bonds is 3. The fraction of sp³-hybridized carbons (Fsp3) is 0.385. The molecular weight excluding hydrogens is 232 g/mol. The Bertz CT molecular complexity index is 471. The van der Waals surface area contributed by atoms with E-state index in [9.17, 15) is 4.79 Å². The number of amides is 1. The minimum Gasteiger partial charge on any atom is -0.484 e. The van der Waals surface area contributed by atoms with Gasteiger partial charge in [0, 0.05) is 13.2 Å². The second-order valence-corrected chi connectivity index (χ2v) is 4.00. The highest BCUT2D eigenvalue weighted by Crippen LogP contribution is 2.31. The fourth-order valence-electron chi connectivity index (χ4n) is 1.91. The molecule has 1 heterocycles. The minimum absolute atomic E-state index is 0.0595. The van der Waals surface area contributed by atoms with E-state index in [1.54, 1.807) is 4.90 Å². The molecule has 0 saturated carbocycles. The van der Waals surface area contributed by atoms with E-state index in [4.69, 9.17) is 9.84 Å². The summed E-state index contributed by atoms with van der Waals surface area (Å²) in [6.07, 6.45) is 0.693. The maximum Gasteiger partial charge on any atom is 0.236 e. The monoisotopic (exact) mass is 248 g/mol. The molecule has 1 aliphatic rings. The number of ether oxygens (including phenoxy) is 1. The molecule has 1 aromatic carbocycles. The lowest BCUT2D eigenvalue weighted by Crippen LogP contribution is -2.32. The number of aliphatic hydroxyl groups excluding tert-OH is 1. The number of nitrogens with zero attached hydrogens (tertiary/aromatic N) is 2. The zero-order valence-corrected chi connectivity index (χ0v) is 10.3. The van der Waals surface area contributed by atoms with Crippen molar-refractivity contribution in [3.8, 4) is 0 Å². The van der Waals surface area contributed by atoms with Crippen LogP contribution in [0.2, 0.25) is 0 Å². The maximum atomic E-state index is 12.1. The molecule has 0 atom stereocenters. The Morgan fingerprint density at radius 2 is 2.22 bits per heavy atom. The van der Waals surface area contributed by atoms with Gasteiger partial charge in [0.25, 0.3) is 0 Å². The average Bonchev–Trinajstić information content (AvgIpc) is 2.52. The second kappa shape index (κ2) is 5.64. The molecule has 0 aromatic heterocycles.